The van der Waals surface area contributed by atoms with E-state index in [4.69, 9.17) is 20.8 Å². The normalized spacial score (nSPS) is 18.2. The number of carbonyl (C=O) groups is 1. The molecule has 1 atom stereocenters. The van der Waals surface area contributed by atoms with Gasteiger partial charge in [-0.2, -0.15) is 0 Å². The summed E-state index contributed by atoms with van der Waals surface area (Å²) in [7, 11) is 0. The number of fused-ring (bicyclic) bond motifs is 1. The molecule has 1 amide bonds. The Morgan fingerprint density at radius 3 is 3.10 bits per heavy atom. The maximum atomic E-state index is 11.9. The topological polar surface area (TPSA) is 73.5 Å². The van der Waals surface area contributed by atoms with E-state index in [1.54, 1.807) is 18.2 Å². The van der Waals surface area contributed by atoms with Crippen LogP contribution in [0.15, 0.2) is 27.4 Å². The Morgan fingerprint density at radius 2 is 2.33 bits per heavy atom. The number of aromatic nitrogens is 1. The third-order valence-corrected chi connectivity index (χ3v) is 3.72. The molecule has 0 radical (unpaired) electrons. The van der Waals surface area contributed by atoms with Crippen LogP contribution in [0.25, 0.3) is 11.1 Å². The van der Waals surface area contributed by atoms with Gasteiger partial charge in [0.05, 0.1) is 11.6 Å². The lowest BCUT2D eigenvalue weighted by Gasteiger charge is -2.10. The SMILES string of the molecule is O=C(Cn1c(=O)oc2cc(Cl)ccc21)NCC1CCCO1. The summed E-state index contributed by atoms with van der Waals surface area (Å²) in [5.74, 6) is -0.815. The number of nitrogens with zero attached hydrogens (tertiary/aromatic N) is 1. The average molecular weight is 311 g/mol. The molecule has 1 aliphatic heterocycles. The summed E-state index contributed by atoms with van der Waals surface area (Å²) in [6.45, 7) is 1.13. The van der Waals surface area contributed by atoms with Crippen molar-refractivity contribution in [1.82, 2.24) is 9.88 Å². The van der Waals surface area contributed by atoms with E-state index in [2.05, 4.69) is 5.32 Å². The van der Waals surface area contributed by atoms with Gasteiger partial charge < -0.3 is 14.5 Å². The van der Waals surface area contributed by atoms with Crippen LogP contribution in [0.1, 0.15) is 12.8 Å². The van der Waals surface area contributed by atoms with Crippen molar-refractivity contribution in [3.63, 3.8) is 0 Å². The molecule has 1 saturated heterocycles. The number of oxazole rings is 1. The number of ether oxygens (including phenoxy) is 1. The molecule has 6 nitrogen and oxygen atoms in total. The van der Waals surface area contributed by atoms with Crippen molar-refractivity contribution in [1.29, 1.82) is 0 Å². The molecular formula is C14H15ClN2O4. The molecule has 2 heterocycles. The molecule has 1 aromatic carbocycles. The van der Waals surface area contributed by atoms with E-state index in [-0.39, 0.29) is 18.6 Å². The number of nitrogens with one attached hydrogen (secondary N) is 1. The molecular weight excluding hydrogens is 296 g/mol. The first-order chi connectivity index (χ1) is 10.1. The Morgan fingerprint density at radius 1 is 1.48 bits per heavy atom. The minimum absolute atomic E-state index is 0.0746. The molecule has 112 valence electrons. The molecule has 21 heavy (non-hydrogen) atoms. The molecule has 0 saturated carbocycles. The van der Waals surface area contributed by atoms with Crippen molar-refractivity contribution in [3.8, 4) is 0 Å². The fourth-order valence-corrected chi connectivity index (χ4v) is 2.58. The van der Waals surface area contributed by atoms with Gasteiger partial charge in [0.2, 0.25) is 5.91 Å². The predicted molar refractivity (Wildman–Crippen MR) is 77.5 cm³/mol. The van der Waals surface area contributed by atoms with E-state index in [1.165, 1.54) is 4.57 Å². The summed E-state index contributed by atoms with van der Waals surface area (Å²) in [4.78, 5) is 23.7. The van der Waals surface area contributed by atoms with Gasteiger partial charge in [0, 0.05) is 24.2 Å². The zero-order chi connectivity index (χ0) is 14.8. The van der Waals surface area contributed by atoms with Gasteiger partial charge in [-0.05, 0) is 25.0 Å². The van der Waals surface area contributed by atoms with Crippen molar-refractivity contribution in [2.45, 2.75) is 25.5 Å². The van der Waals surface area contributed by atoms with Gasteiger partial charge >= 0.3 is 5.76 Å². The summed E-state index contributed by atoms with van der Waals surface area (Å²) in [6.07, 6.45) is 2.05. The second-order valence-electron chi connectivity index (χ2n) is 5.01. The lowest BCUT2D eigenvalue weighted by molar-refractivity contribution is -0.122. The number of rotatable bonds is 4. The van der Waals surface area contributed by atoms with Crippen molar-refractivity contribution in [2.24, 2.45) is 0 Å². The van der Waals surface area contributed by atoms with Gasteiger partial charge in [-0.1, -0.05) is 11.6 Å². The molecule has 1 aromatic heterocycles. The van der Waals surface area contributed by atoms with Gasteiger partial charge in [-0.25, -0.2) is 4.79 Å². The van der Waals surface area contributed by atoms with Crippen molar-refractivity contribution in [2.75, 3.05) is 13.2 Å². The van der Waals surface area contributed by atoms with Crippen molar-refractivity contribution >= 4 is 28.6 Å². The molecule has 1 fully saturated rings. The molecule has 1 N–H and O–H groups in total. The molecule has 0 aliphatic carbocycles. The summed E-state index contributed by atoms with van der Waals surface area (Å²) < 4.78 is 11.8. The Labute approximate surface area is 125 Å². The van der Waals surface area contributed by atoms with Gasteiger partial charge in [0.25, 0.3) is 0 Å². The van der Waals surface area contributed by atoms with Gasteiger partial charge in [-0.3, -0.25) is 9.36 Å². The van der Waals surface area contributed by atoms with Crippen LogP contribution < -0.4 is 11.1 Å². The van der Waals surface area contributed by atoms with Crippen molar-refractivity contribution in [3.05, 3.63) is 33.8 Å². The monoisotopic (exact) mass is 310 g/mol. The highest BCUT2D eigenvalue weighted by atomic mass is 35.5. The largest absolute Gasteiger partial charge is 0.420 e. The van der Waals surface area contributed by atoms with E-state index in [0.717, 1.165) is 19.4 Å². The Kier molecular flexibility index (Phi) is 3.98. The fourth-order valence-electron chi connectivity index (χ4n) is 2.42. The van der Waals surface area contributed by atoms with Crippen LogP contribution in [-0.2, 0) is 16.1 Å². The van der Waals surface area contributed by atoms with Gasteiger partial charge in [0.15, 0.2) is 5.58 Å². The highest BCUT2D eigenvalue weighted by Gasteiger charge is 2.17. The number of hydrogen-bond acceptors (Lipinski definition) is 4. The molecule has 0 spiro atoms. The van der Waals surface area contributed by atoms with E-state index < -0.39 is 5.76 Å². The van der Waals surface area contributed by atoms with E-state index in [0.29, 0.717) is 22.7 Å². The Bertz CT molecular complexity index is 715. The van der Waals surface area contributed by atoms with Crippen LogP contribution in [0, 0.1) is 0 Å². The second kappa shape index (κ2) is 5.91. The number of hydrogen-bond donors (Lipinski definition) is 1. The van der Waals surface area contributed by atoms with E-state index >= 15 is 0 Å². The number of carbonyl (C=O) groups excluding carboxylic acids is 1. The first-order valence-corrected chi connectivity index (χ1v) is 7.18. The Balaban J connectivity index is 1.70. The molecule has 3 rings (SSSR count). The molecule has 0 bridgehead atoms. The molecule has 1 aliphatic rings. The minimum Gasteiger partial charge on any atom is -0.408 e. The van der Waals surface area contributed by atoms with Gasteiger partial charge in [-0.15, -0.1) is 0 Å². The van der Waals surface area contributed by atoms with E-state index in [9.17, 15) is 9.59 Å². The zero-order valence-electron chi connectivity index (χ0n) is 11.3. The lowest BCUT2D eigenvalue weighted by Crippen LogP contribution is -2.35. The molecule has 7 heteroatoms. The van der Waals surface area contributed by atoms with Gasteiger partial charge in [0.1, 0.15) is 6.54 Å². The third kappa shape index (κ3) is 3.11. The summed E-state index contributed by atoms with van der Waals surface area (Å²) >= 11 is 5.84. The first-order valence-electron chi connectivity index (χ1n) is 6.80. The highest BCUT2D eigenvalue weighted by Crippen LogP contribution is 2.18. The van der Waals surface area contributed by atoms with Crippen LogP contribution in [0.2, 0.25) is 5.02 Å². The standard InChI is InChI=1S/C14H15ClN2O4/c15-9-3-4-11-12(6-9)21-14(19)17(11)8-13(18)16-7-10-2-1-5-20-10/h3-4,6,10H,1-2,5,7-8H2,(H,16,18). The van der Waals surface area contributed by atoms with Crippen LogP contribution in [0.3, 0.4) is 0 Å². The highest BCUT2D eigenvalue weighted by molar-refractivity contribution is 6.31. The fraction of sp³-hybridized carbons (Fsp3) is 0.429. The zero-order valence-corrected chi connectivity index (χ0v) is 12.1. The number of benzene rings is 1. The summed E-state index contributed by atoms with van der Waals surface area (Å²) in [5, 5.41) is 3.25. The minimum atomic E-state index is -0.570. The predicted octanol–water partition coefficient (Wildman–Crippen LogP) is 1.54. The van der Waals surface area contributed by atoms with Crippen molar-refractivity contribution < 1.29 is 13.9 Å². The molecule has 2 aromatic rings. The number of amides is 1. The third-order valence-electron chi connectivity index (χ3n) is 3.48. The van der Waals surface area contributed by atoms with Crippen LogP contribution in [0.4, 0.5) is 0 Å². The second-order valence-corrected chi connectivity index (χ2v) is 5.44. The lowest BCUT2D eigenvalue weighted by atomic mass is 10.2. The summed E-state index contributed by atoms with van der Waals surface area (Å²) in [6, 6.07) is 4.87. The average Bonchev–Trinajstić information content (AvgIpc) is 3.05. The smallest absolute Gasteiger partial charge is 0.408 e. The Hall–Kier alpha value is -1.79. The van der Waals surface area contributed by atoms with Crippen LogP contribution >= 0.6 is 11.6 Å². The quantitative estimate of drug-likeness (QED) is 0.929. The van der Waals surface area contributed by atoms with Crippen LogP contribution in [0.5, 0.6) is 0 Å². The summed E-state index contributed by atoms with van der Waals surface area (Å²) in [5.41, 5.74) is 0.927. The first kappa shape index (κ1) is 14.2. The molecule has 1 unspecified atom stereocenters. The van der Waals surface area contributed by atoms with E-state index in [1.807, 2.05) is 0 Å². The maximum absolute atomic E-state index is 11.9. The number of halogens is 1. The van der Waals surface area contributed by atoms with Crippen LogP contribution in [-0.4, -0.2) is 29.7 Å². The maximum Gasteiger partial charge on any atom is 0.420 e.